The molecule has 0 aliphatic heterocycles. The molecule has 0 saturated carbocycles. The van der Waals surface area contributed by atoms with E-state index in [9.17, 15) is 9.59 Å². The SMILES string of the molecule is CCOC(=O)c1c(C(=O)OCC)c(C(C)C)n(Cc2ccc(OC)cc2)c1C. The number of carbonyl (C=O) groups is 2. The lowest BCUT2D eigenvalue weighted by Crippen LogP contribution is -2.15. The highest BCUT2D eigenvalue weighted by molar-refractivity contribution is 6.05. The molecule has 0 saturated heterocycles. The van der Waals surface area contributed by atoms with Gasteiger partial charge in [0.2, 0.25) is 0 Å². The molecule has 0 amide bonds. The van der Waals surface area contributed by atoms with E-state index in [2.05, 4.69) is 0 Å². The third kappa shape index (κ3) is 4.38. The number of ether oxygens (including phenoxy) is 3. The van der Waals surface area contributed by atoms with Crippen LogP contribution in [0.4, 0.5) is 0 Å². The Bertz CT molecular complexity index is 834. The molecular weight excluding hydrogens is 358 g/mol. The first-order valence-corrected chi connectivity index (χ1v) is 9.55. The smallest absolute Gasteiger partial charge is 0.340 e. The van der Waals surface area contributed by atoms with Crippen molar-refractivity contribution in [3.8, 4) is 5.75 Å². The van der Waals surface area contributed by atoms with Crippen LogP contribution in [0.15, 0.2) is 24.3 Å². The summed E-state index contributed by atoms with van der Waals surface area (Å²) in [6.45, 7) is 10.3. The van der Waals surface area contributed by atoms with Crippen molar-refractivity contribution in [1.29, 1.82) is 0 Å². The summed E-state index contributed by atoms with van der Waals surface area (Å²) in [5.74, 6) is -0.208. The Morgan fingerprint density at radius 2 is 1.50 bits per heavy atom. The van der Waals surface area contributed by atoms with Gasteiger partial charge in [-0.3, -0.25) is 0 Å². The van der Waals surface area contributed by atoms with E-state index in [1.165, 1.54) is 0 Å². The highest BCUT2D eigenvalue weighted by Crippen LogP contribution is 2.31. The van der Waals surface area contributed by atoms with E-state index in [0.29, 0.717) is 17.8 Å². The minimum Gasteiger partial charge on any atom is -0.497 e. The fourth-order valence-electron chi connectivity index (χ4n) is 3.34. The molecule has 0 fully saturated rings. The van der Waals surface area contributed by atoms with Crippen molar-refractivity contribution >= 4 is 11.9 Å². The summed E-state index contributed by atoms with van der Waals surface area (Å²) in [6, 6.07) is 7.72. The molecule has 1 aromatic heterocycles. The van der Waals surface area contributed by atoms with E-state index in [1.807, 2.05) is 49.6 Å². The van der Waals surface area contributed by atoms with Crippen LogP contribution in [-0.2, 0) is 16.0 Å². The Balaban J connectivity index is 2.64. The fourth-order valence-corrected chi connectivity index (χ4v) is 3.34. The van der Waals surface area contributed by atoms with Crippen LogP contribution in [0.1, 0.15) is 71.3 Å². The molecule has 0 radical (unpaired) electrons. The summed E-state index contributed by atoms with van der Waals surface area (Å²) in [6.07, 6.45) is 0. The molecule has 6 nitrogen and oxygen atoms in total. The van der Waals surface area contributed by atoms with Crippen LogP contribution >= 0.6 is 0 Å². The second-order valence-electron chi connectivity index (χ2n) is 6.75. The van der Waals surface area contributed by atoms with Crippen LogP contribution in [0.3, 0.4) is 0 Å². The maximum absolute atomic E-state index is 12.7. The maximum Gasteiger partial charge on any atom is 0.340 e. The molecule has 2 rings (SSSR count). The molecule has 1 aromatic carbocycles. The molecular formula is C22H29NO5. The number of rotatable bonds is 8. The molecule has 0 N–H and O–H groups in total. The van der Waals surface area contributed by atoms with E-state index in [4.69, 9.17) is 14.2 Å². The molecule has 0 spiro atoms. The normalized spacial score (nSPS) is 10.8. The number of esters is 2. The summed E-state index contributed by atoms with van der Waals surface area (Å²) in [5.41, 5.74) is 3.10. The predicted octanol–water partition coefficient (Wildman–Crippen LogP) is 4.33. The van der Waals surface area contributed by atoms with Gasteiger partial charge in [-0.2, -0.15) is 0 Å². The summed E-state index contributed by atoms with van der Waals surface area (Å²) >= 11 is 0. The van der Waals surface area contributed by atoms with E-state index in [-0.39, 0.29) is 24.7 Å². The second-order valence-corrected chi connectivity index (χ2v) is 6.75. The standard InChI is InChI=1S/C22H29NO5/c1-7-27-21(24)18-15(5)23(13-16-9-11-17(26-6)12-10-16)20(14(3)4)19(18)22(25)28-8-2/h9-12,14H,7-8,13H2,1-6H3. The van der Waals surface area contributed by atoms with Crippen molar-refractivity contribution < 1.29 is 23.8 Å². The van der Waals surface area contributed by atoms with Gasteiger partial charge in [-0.05, 0) is 44.4 Å². The number of methoxy groups -OCH3 is 1. The molecule has 2 aromatic rings. The molecule has 1 heterocycles. The Kier molecular flexibility index (Phi) is 7.26. The third-order valence-corrected chi connectivity index (χ3v) is 4.57. The minimum absolute atomic E-state index is 0.0135. The average Bonchev–Trinajstić information content (AvgIpc) is 2.95. The lowest BCUT2D eigenvalue weighted by atomic mass is 10.0. The molecule has 0 bridgehead atoms. The van der Waals surface area contributed by atoms with Gasteiger partial charge in [0.25, 0.3) is 0 Å². The summed E-state index contributed by atoms with van der Waals surface area (Å²) < 4.78 is 17.7. The van der Waals surface area contributed by atoms with Crippen LogP contribution in [0.5, 0.6) is 5.75 Å². The number of nitrogens with zero attached hydrogens (tertiary/aromatic N) is 1. The Hall–Kier alpha value is -2.76. The number of benzene rings is 1. The molecule has 0 atom stereocenters. The molecule has 152 valence electrons. The van der Waals surface area contributed by atoms with Gasteiger partial charge in [0, 0.05) is 17.9 Å². The van der Waals surface area contributed by atoms with E-state index in [1.54, 1.807) is 21.0 Å². The molecule has 0 aliphatic carbocycles. The van der Waals surface area contributed by atoms with Gasteiger partial charge in [-0.1, -0.05) is 26.0 Å². The van der Waals surface area contributed by atoms with Crippen molar-refractivity contribution in [1.82, 2.24) is 4.57 Å². The van der Waals surface area contributed by atoms with E-state index >= 15 is 0 Å². The molecule has 0 aliphatic rings. The van der Waals surface area contributed by atoms with Gasteiger partial charge in [0.15, 0.2) is 0 Å². The Labute approximate surface area is 166 Å². The van der Waals surface area contributed by atoms with Crippen molar-refractivity contribution in [3.63, 3.8) is 0 Å². The van der Waals surface area contributed by atoms with Crippen molar-refractivity contribution in [2.45, 2.75) is 47.1 Å². The first-order valence-electron chi connectivity index (χ1n) is 9.55. The molecule has 28 heavy (non-hydrogen) atoms. The number of aromatic nitrogens is 1. The monoisotopic (exact) mass is 387 g/mol. The quantitative estimate of drug-likeness (QED) is 0.631. The summed E-state index contributed by atoms with van der Waals surface area (Å²) in [5, 5.41) is 0. The lowest BCUT2D eigenvalue weighted by Gasteiger charge is -2.16. The topological polar surface area (TPSA) is 66.8 Å². The summed E-state index contributed by atoms with van der Waals surface area (Å²) in [4.78, 5) is 25.4. The molecule has 6 heteroatoms. The van der Waals surface area contributed by atoms with Gasteiger partial charge in [0.1, 0.15) is 5.75 Å². The van der Waals surface area contributed by atoms with Gasteiger partial charge in [-0.25, -0.2) is 9.59 Å². The zero-order chi connectivity index (χ0) is 20.8. The van der Waals surface area contributed by atoms with Crippen LogP contribution < -0.4 is 4.74 Å². The first-order chi connectivity index (χ1) is 13.3. The van der Waals surface area contributed by atoms with Crippen molar-refractivity contribution in [3.05, 3.63) is 52.3 Å². The second kappa shape index (κ2) is 9.44. The largest absolute Gasteiger partial charge is 0.497 e. The van der Waals surface area contributed by atoms with Crippen LogP contribution in [0.2, 0.25) is 0 Å². The van der Waals surface area contributed by atoms with E-state index in [0.717, 1.165) is 17.0 Å². The summed E-state index contributed by atoms with van der Waals surface area (Å²) in [7, 11) is 1.62. The van der Waals surface area contributed by atoms with Crippen LogP contribution in [0.25, 0.3) is 0 Å². The zero-order valence-corrected chi connectivity index (χ0v) is 17.5. The van der Waals surface area contributed by atoms with E-state index < -0.39 is 11.9 Å². The zero-order valence-electron chi connectivity index (χ0n) is 17.5. The van der Waals surface area contributed by atoms with Gasteiger partial charge in [0.05, 0.1) is 31.5 Å². The number of hydrogen-bond donors (Lipinski definition) is 0. The van der Waals surface area contributed by atoms with Gasteiger partial charge < -0.3 is 18.8 Å². The Morgan fingerprint density at radius 3 is 1.96 bits per heavy atom. The van der Waals surface area contributed by atoms with Gasteiger partial charge >= 0.3 is 11.9 Å². The fraction of sp³-hybridized carbons (Fsp3) is 0.455. The van der Waals surface area contributed by atoms with Crippen molar-refractivity contribution in [2.75, 3.05) is 20.3 Å². The lowest BCUT2D eigenvalue weighted by molar-refractivity contribution is 0.0478. The van der Waals surface area contributed by atoms with Crippen molar-refractivity contribution in [2.24, 2.45) is 0 Å². The highest BCUT2D eigenvalue weighted by atomic mass is 16.5. The van der Waals surface area contributed by atoms with Gasteiger partial charge in [-0.15, -0.1) is 0 Å². The maximum atomic E-state index is 12.7. The number of carbonyl (C=O) groups excluding carboxylic acids is 2. The minimum atomic E-state index is -0.501. The molecule has 0 unspecified atom stereocenters. The van der Waals surface area contributed by atoms with Crippen LogP contribution in [-0.4, -0.2) is 36.8 Å². The average molecular weight is 387 g/mol. The first kappa shape index (κ1) is 21.5. The predicted molar refractivity (Wildman–Crippen MR) is 107 cm³/mol. The third-order valence-electron chi connectivity index (χ3n) is 4.57. The van der Waals surface area contributed by atoms with Crippen LogP contribution in [0, 0.1) is 6.92 Å². The Morgan fingerprint density at radius 1 is 0.964 bits per heavy atom. The number of hydrogen-bond acceptors (Lipinski definition) is 5. The highest BCUT2D eigenvalue weighted by Gasteiger charge is 2.32.